The van der Waals surface area contributed by atoms with Crippen molar-refractivity contribution < 1.29 is 43.5 Å². The van der Waals surface area contributed by atoms with Gasteiger partial charge in [-0.3, -0.25) is 19.4 Å². The summed E-state index contributed by atoms with van der Waals surface area (Å²) in [4.78, 5) is 33.7. The molecule has 4 atom stereocenters. The molecule has 2 heterocycles. The number of aliphatic carboxylic acids is 1. The van der Waals surface area contributed by atoms with Gasteiger partial charge in [-0.25, -0.2) is 4.79 Å². The second kappa shape index (κ2) is 11.5. The first-order chi connectivity index (χ1) is 15.5. The highest BCUT2D eigenvalue weighted by atomic mass is 32.2. The summed E-state index contributed by atoms with van der Waals surface area (Å²) in [6.07, 6.45) is -5.87. The van der Waals surface area contributed by atoms with Crippen LogP contribution < -0.4 is 10.6 Å². The SMILES string of the molecule is CNC(=C[N+](=O)[O-])NCCSCc1ccc(C[N+](C)(C)C2OC(C(=O)O)C(O)C(O)C2=O)o1. The number of carbonyl (C=O) groups is 2. The maximum atomic E-state index is 12.4. The van der Waals surface area contributed by atoms with Gasteiger partial charge >= 0.3 is 5.97 Å². The van der Waals surface area contributed by atoms with E-state index in [9.17, 15) is 35.0 Å². The van der Waals surface area contributed by atoms with Crippen LogP contribution in [0.5, 0.6) is 0 Å². The van der Waals surface area contributed by atoms with Crippen molar-refractivity contribution in [3.63, 3.8) is 0 Å². The molecule has 0 amide bonds. The summed E-state index contributed by atoms with van der Waals surface area (Å²) in [5.74, 6) is 0.462. The van der Waals surface area contributed by atoms with Crippen molar-refractivity contribution in [3.05, 3.63) is 45.8 Å². The largest absolute Gasteiger partial charge is 0.479 e. The van der Waals surface area contributed by atoms with E-state index in [-0.39, 0.29) is 11.0 Å². The first-order valence-corrected chi connectivity index (χ1v) is 11.1. The van der Waals surface area contributed by atoms with E-state index in [0.717, 1.165) is 6.20 Å². The molecule has 0 bridgehead atoms. The van der Waals surface area contributed by atoms with Crippen LogP contribution in [0, 0.1) is 10.1 Å². The number of aliphatic hydroxyl groups is 2. The van der Waals surface area contributed by atoms with Crippen LogP contribution in [0.15, 0.2) is 28.6 Å². The average molecular weight is 490 g/mol. The predicted octanol–water partition coefficient (Wildman–Crippen LogP) is -0.926. The predicted molar refractivity (Wildman–Crippen MR) is 116 cm³/mol. The lowest BCUT2D eigenvalue weighted by atomic mass is 9.98. The van der Waals surface area contributed by atoms with Crippen molar-refractivity contribution >= 4 is 23.5 Å². The van der Waals surface area contributed by atoms with E-state index in [1.807, 2.05) is 0 Å². The number of hydrogen-bond donors (Lipinski definition) is 5. The highest BCUT2D eigenvalue weighted by Crippen LogP contribution is 2.26. The Morgan fingerprint density at radius 2 is 2.00 bits per heavy atom. The summed E-state index contributed by atoms with van der Waals surface area (Å²) in [5, 5.41) is 45.1. The molecule has 14 heteroatoms. The number of rotatable bonds is 12. The number of nitrogens with one attached hydrogen (secondary N) is 2. The highest BCUT2D eigenvalue weighted by Gasteiger charge is 2.53. The van der Waals surface area contributed by atoms with Crippen molar-refractivity contribution in [1.82, 2.24) is 10.6 Å². The van der Waals surface area contributed by atoms with Crippen molar-refractivity contribution in [1.29, 1.82) is 0 Å². The third kappa shape index (κ3) is 7.17. The average Bonchev–Trinajstić information content (AvgIpc) is 3.16. The number of thioether (sulfide) groups is 1. The van der Waals surface area contributed by atoms with Crippen molar-refractivity contribution in [2.24, 2.45) is 0 Å². The Morgan fingerprint density at radius 1 is 1.33 bits per heavy atom. The summed E-state index contributed by atoms with van der Waals surface area (Å²) < 4.78 is 11.0. The summed E-state index contributed by atoms with van der Waals surface area (Å²) in [6, 6.07) is 3.52. The van der Waals surface area contributed by atoms with Gasteiger partial charge in [0.25, 0.3) is 12.4 Å². The van der Waals surface area contributed by atoms with E-state index >= 15 is 0 Å². The first-order valence-electron chi connectivity index (χ1n) is 9.99. The summed E-state index contributed by atoms with van der Waals surface area (Å²) in [7, 11) is 4.84. The lowest BCUT2D eigenvalue weighted by Crippen LogP contribution is -2.66. The molecule has 33 heavy (non-hydrogen) atoms. The minimum Gasteiger partial charge on any atom is -0.479 e. The molecule has 2 rings (SSSR count). The molecule has 184 valence electrons. The lowest BCUT2D eigenvalue weighted by Gasteiger charge is -2.42. The molecule has 13 nitrogen and oxygen atoms in total. The van der Waals surface area contributed by atoms with Gasteiger partial charge in [-0.2, -0.15) is 11.8 Å². The second-order valence-corrected chi connectivity index (χ2v) is 9.05. The molecule has 4 unspecified atom stereocenters. The number of carboxylic acid groups (broad SMARTS) is 1. The van der Waals surface area contributed by atoms with Gasteiger partial charge in [-0.1, -0.05) is 0 Å². The molecular formula is C19H29N4O9S+. The fraction of sp³-hybridized carbons (Fsp3) is 0.579. The maximum Gasteiger partial charge on any atom is 0.335 e. The van der Waals surface area contributed by atoms with Crippen molar-refractivity contribution in [3.8, 4) is 0 Å². The van der Waals surface area contributed by atoms with E-state index in [4.69, 9.17) is 9.15 Å². The first kappa shape index (κ1) is 26.6. The van der Waals surface area contributed by atoms with E-state index in [1.54, 1.807) is 45.0 Å². The molecule has 1 aliphatic rings. The Labute approximate surface area is 194 Å². The number of ether oxygens (including phenoxy) is 1. The van der Waals surface area contributed by atoms with Crippen LogP contribution >= 0.6 is 11.8 Å². The van der Waals surface area contributed by atoms with E-state index in [1.165, 1.54) is 0 Å². The molecule has 0 aromatic carbocycles. The van der Waals surface area contributed by atoms with Gasteiger partial charge in [0.15, 0.2) is 23.8 Å². The number of furan rings is 1. The molecule has 1 aromatic heterocycles. The van der Waals surface area contributed by atoms with Crippen molar-refractivity contribution in [2.45, 2.75) is 36.8 Å². The fourth-order valence-electron chi connectivity index (χ4n) is 3.28. The standard InChI is InChI=1S/C19H28N4O9S/c1-20-13(8-22(29)30)21-6-7-33-10-12-5-4-11(31-12)9-23(2,3)18-16(26)14(24)15(25)17(32-18)19(27)28/h4-5,8,14-15,17-18,20-21,24-25H,6-7,9-10H2,1-3H3/p+1. The topological polar surface area (TPSA) is 184 Å². The summed E-state index contributed by atoms with van der Waals surface area (Å²) >= 11 is 1.55. The zero-order valence-electron chi connectivity index (χ0n) is 18.5. The summed E-state index contributed by atoms with van der Waals surface area (Å²) in [5.41, 5.74) is 0. The minimum absolute atomic E-state index is 0.147. The van der Waals surface area contributed by atoms with Crippen LogP contribution in [-0.4, -0.2) is 94.5 Å². The molecule has 5 N–H and O–H groups in total. The number of aliphatic hydroxyl groups excluding tert-OH is 2. The number of carboxylic acids is 1. The maximum absolute atomic E-state index is 12.4. The molecule has 1 aliphatic heterocycles. The van der Waals surface area contributed by atoms with E-state index < -0.39 is 41.2 Å². The fourth-order valence-corrected chi connectivity index (χ4v) is 4.03. The van der Waals surface area contributed by atoms with Gasteiger partial charge in [0, 0.05) is 19.3 Å². The molecule has 0 saturated carbocycles. The number of carbonyl (C=O) groups excluding carboxylic acids is 1. The van der Waals surface area contributed by atoms with Crippen LogP contribution in [0.4, 0.5) is 0 Å². The monoisotopic (exact) mass is 489 g/mol. The van der Waals surface area contributed by atoms with Crippen LogP contribution in [0.3, 0.4) is 0 Å². The Bertz CT molecular complexity index is 888. The molecule has 1 saturated heterocycles. The zero-order chi connectivity index (χ0) is 24.8. The Morgan fingerprint density at radius 3 is 2.61 bits per heavy atom. The Balaban J connectivity index is 1.90. The van der Waals surface area contributed by atoms with E-state index in [2.05, 4.69) is 10.6 Å². The van der Waals surface area contributed by atoms with E-state index in [0.29, 0.717) is 35.4 Å². The summed E-state index contributed by atoms with van der Waals surface area (Å²) in [6.45, 7) is 0.678. The van der Waals surface area contributed by atoms with Gasteiger partial charge in [0.2, 0.25) is 5.78 Å². The molecular weight excluding hydrogens is 460 g/mol. The van der Waals surface area contributed by atoms with Crippen LogP contribution in [0.1, 0.15) is 11.5 Å². The molecule has 0 aliphatic carbocycles. The van der Waals surface area contributed by atoms with Crippen LogP contribution in [-0.2, 0) is 26.6 Å². The van der Waals surface area contributed by atoms with Crippen molar-refractivity contribution in [2.75, 3.05) is 33.4 Å². The quantitative estimate of drug-likeness (QED) is 0.105. The zero-order valence-corrected chi connectivity index (χ0v) is 19.3. The number of likely N-dealkylation sites (N-methyl/N-ethyl adjacent to an activating group) is 1. The number of ketones is 1. The second-order valence-electron chi connectivity index (χ2n) is 7.95. The third-order valence-corrected chi connectivity index (χ3v) is 5.89. The third-order valence-electron chi connectivity index (χ3n) is 4.91. The number of hydrogen-bond acceptors (Lipinski definition) is 11. The smallest absolute Gasteiger partial charge is 0.335 e. The normalized spacial score (nSPS) is 23.9. The van der Waals surface area contributed by atoms with Gasteiger partial charge in [0.1, 0.15) is 18.4 Å². The van der Waals surface area contributed by atoms with Gasteiger partial charge < -0.3 is 35.1 Å². The molecule has 1 aromatic rings. The Hall–Kier alpha value is -2.65. The molecule has 1 fully saturated rings. The molecule has 0 spiro atoms. The van der Waals surface area contributed by atoms with Gasteiger partial charge in [-0.05, 0) is 12.1 Å². The van der Waals surface area contributed by atoms with Gasteiger partial charge in [-0.15, -0.1) is 0 Å². The minimum atomic E-state index is -1.86. The number of nitro groups is 1. The number of quaternary nitrogens is 1. The Kier molecular flexibility index (Phi) is 9.25. The lowest BCUT2D eigenvalue weighted by molar-refractivity contribution is -0.942. The molecule has 0 radical (unpaired) electrons. The number of Topliss-reactive ketones (excluding diaryl/α,β-unsaturated/α-hetero) is 1. The highest BCUT2D eigenvalue weighted by molar-refractivity contribution is 7.98. The van der Waals surface area contributed by atoms with Crippen LogP contribution in [0.2, 0.25) is 0 Å². The van der Waals surface area contributed by atoms with Gasteiger partial charge in [0.05, 0.1) is 24.8 Å². The number of nitrogens with zero attached hydrogens (tertiary/aromatic N) is 2. The van der Waals surface area contributed by atoms with Crippen LogP contribution in [0.25, 0.3) is 0 Å².